The molecule has 0 spiro atoms. The Morgan fingerprint density at radius 3 is 2.79 bits per heavy atom. The van der Waals surface area contributed by atoms with Gasteiger partial charge in [-0.2, -0.15) is 0 Å². The summed E-state index contributed by atoms with van der Waals surface area (Å²) in [5, 5.41) is 5.21. The van der Waals surface area contributed by atoms with Crippen LogP contribution in [0.15, 0.2) is 46.3 Å². The molecule has 4 rings (SSSR count). The highest BCUT2D eigenvalue weighted by atomic mass is 32.2. The number of carbonyl (C=O) groups excluding carboxylic acids is 1. The molecule has 2 aromatic heterocycles. The summed E-state index contributed by atoms with van der Waals surface area (Å²) in [7, 11) is 0. The fraction of sp³-hybridized carbons (Fsp3) is 0.300. The number of H-pyrrole nitrogens is 1. The molecule has 0 bridgehead atoms. The Hall–Kier alpha value is -2.45. The molecular formula is C20H21N4O2S2+. The zero-order valence-electron chi connectivity index (χ0n) is 15.9. The molecule has 6 nitrogen and oxygen atoms in total. The molecule has 1 aliphatic heterocycles. The van der Waals surface area contributed by atoms with Gasteiger partial charge in [0.25, 0.3) is 0 Å². The lowest BCUT2D eigenvalue weighted by molar-refractivity contribution is -0.762. The van der Waals surface area contributed by atoms with Crippen LogP contribution in [0.3, 0.4) is 0 Å². The average Bonchev–Trinajstić information content (AvgIpc) is 3.12. The summed E-state index contributed by atoms with van der Waals surface area (Å²) in [4.78, 5) is 32.9. The van der Waals surface area contributed by atoms with Gasteiger partial charge in [0.15, 0.2) is 0 Å². The van der Waals surface area contributed by atoms with Crippen molar-refractivity contribution in [1.29, 1.82) is 0 Å². The Morgan fingerprint density at radius 1 is 1.32 bits per heavy atom. The maximum Gasteiger partial charge on any atom is 0.325 e. The number of fused-ring (bicyclic) bond motifs is 3. The summed E-state index contributed by atoms with van der Waals surface area (Å²) in [5.74, 6) is 0.0249. The maximum absolute atomic E-state index is 13.2. The van der Waals surface area contributed by atoms with Crippen molar-refractivity contribution < 1.29 is 9.48 Å². The normalized spacial score (nSPS) is 15.2. The number of hydrogen-bond acceptors (Lipinski definition) is 5. The van der Waals surface area contributed by atoms with Crippen molar-refractivity contribution in [2.24, 2.45) is 0 Å². The van der Waals surface area contributed by atoms with Gasteiger partial charge in [0.1, 0.15) is 0 Å². The molecule has 3 aromatic rings. The number of aromatic nitrogens is 3. The fourth-order valence-corrected chi connectivity index (χ4v) is 4.84. The van der Waals surface area contributed by atoms with E-state index in [4.69, 9.17) is 0 Å². The molecule has 1 atom stereocenters. The summed E-state index contributed by atoms with van der Waals surface area (Å²) < 4.78 is 1.71. The SMILES string of the molecule is CCCC(=O)N1c2ccccc2-c2c(=O)[nH]c(SC)n[n+]2[C@@H]1c1ccc(C)s1. The van der Waals surface area contributed by atoms with E-state index in [9.17, 15) is 9.59 Å². The lowest BCUT2D eigenvalue weighted by Gasteiger charge is -2.31. The van der Waals surface area contributed by atoms with Gasteiger partial charge in [0, 0.05) is 16.4 Å². The Labute approximate surface area is 171 Å². The second kappa shape index (κ2) is 7.52. The monoisotopic (exact) mass is 413 g/mol. The van der Waals surface area contributed by atoms with Crippen LogP contribution in [0.2, 0.25) is 0 Å². The van der Waals surface area contributed by atoms with E-state index < -0.39 is 6.17 Å². The lowest BCUT2D eigenvalue weighted by Crippen LogP contribution is -2.60. The Balaban J connectivity index is 2.05. The molecule has 1 N–H and O–H groups in total. The standard InChI is InChI=1S/C20H20N4O2S2/c1-4-7-16(25)23-14-9-6-5-8-13(14)17-18(26)21-20(27-3)22-24(17)19(23)15-11-10-12(2)28-15/h5-6,8-11,19H,4,7H2,1-3H3/p+1/t19-/m1/s1. The highest BCUT2D eigenvalue weighted by Gasteiger charge is 2.46. The number of rotatable bonds is 4. The average molecular weight is 414 g/mol. The van der Waals surface area contributed by atoms with E-state index >= 15 is 0 Å². The smallest absolute Gasteiger partial charge is 0.291 e. The molecule has 3 heterocycles. The minimum Gasteiger partial charge on any atom is -0.291 e. The predicted octanol–water partition coefficient (Wildman–Crippen LogP) is 3.51. The Bertz CT molecular complexity index is 1110. The van der Waals surface area contributed by atoms with Gasteiger partial charge in [-0.05, 0) is 48.5 Å². The second-order valence-corrected chi connectivity index (χ2v) is 8.72. The van der Waals surface area contributed by atoms with Gasteiger partial charge in [-0.25, -0.2) is 4.90 Å². The van der Waals surface area contributed by atoms with E-state index in [1.54, 1.807) is 20.9 Å². The predicted molar refractivity (Wildman–Crippen MR) is 112 cm³/mol. The first-order chi connectivity index (χ1) is 13.5. The molecule has 0 radical (unpaired) electrons. The highest BCUT2D eigenvalue weighted by Crippen LogP contribution is 2.39. The lowest BCUT2D eigenvalue weighted by atomic mass is 10.0. The third-order valence-corrected chi connectivity index (χ3v) is 6.31. The molecule has 0 saturated carbocycles. The van der Waals surface area contributed by atoms with Gasteiger partial charge in [-0.3, -0.25) is 14.6 Å². The van der Waals surface area contributed by atoms with Crippen molar-refractivity contribution in [3.05, 3.63) is 56.5 Å². The molecule has 8 heteroatoms. The number of amides is 1. The Morgan fingerprint density at radius 2 is 2.11 bits per heavy atom. The first kappa shape index (κ1) is 18.9. The van der Waals surface area contributed by atoms with Crippen LogP contribution < -0.4 is 15.1 Å². The van der Waals surface area contributed by atoms with Crippen LogP contribution >= 0.6 is 23.1 Å². The summed E-state index contributed by atoms with van der Waals surface area (Å²) in [6.45, 7) is 4.03. The molecule has 144 valence electrons. The van der Waals surface area contributed by atoms with Crippen LogP contribution in [-0.2, 0) is 4.79 Å². The van der Waals surface area contributed by atoms with E-state index in [-0.39, 0.29) is 11.5 Å². The second-order valence-electron chi connectivity index (χ2n) is 6.61. The van der Waals surface area contributed by atoms with E-state index in [0.717, 1.165) is 27.4 Å². The molecule has 0 unspecified atom stereocenters. The molecule has 1 amide bonds. The van der Waals surface area contributed by atoms with Crippen molar-refractivity contribution >= 4 is 34.7 Å². The van der Waals surface area contributed by atoms with Crippen molar-refractivity contribution in [2.45, 2.75) is 38.0 Å². The zero-order chi connectivity index (χ0) is 19.8. The summed E-state index contributed by atoms with van der Waals surface area (Å²) >= 11 is 2.99. The van der Waals surface area contributed by atoms with Crippen molar-refractivity contribution in [1.82, 2.24) is 10.1 Å². The molecule has 0 fully saturated rings. The number of benzene rings is 1. The number of hydrogen-bond donors (Lipinski definition) is 1. The number of aryl methyl sites for hydroxylation is 1. The van der Waals surface area contributed by atoms with Crippen molar-refractivity contribution in [3.63, 3.8) is 0 Å². The zero-order valence-corrected chi connectivity index (χ0v) is 17.6. The number of thiophene rings is 1. The van der Waals surface area contributed by atoms with Crippen LogP contribution in [0.5, 0.6) is 0 Å². The summed E-state index contributed by atoms with van der Waals surface area (Å²) in [6, 6.07) is 11.6. The van der Waals surface area contributed by atoms with E-state index in [1.165, 1.54) is 11.8 Å². The number of para-hydroxylation sites is 1. The Kier molecular flexibility index (Phi) is 5.07. The summed E-state index contributed by atoms with van der Waals surface area (Å²) in [5.41, 5.74) is 1.75. The molecule has 1 aliphatic rings. The van der Waals surface area contributed by atoms with Crippen molar-refractivity contribution in [2.75, 3.05) is 11.2 Å². The molecule has 0 saturated heterocycles. The topological polar surface area (TPSA) is 69.9 Å². The minimum absolute atomic E-state index is 0.0249. The molecule has 1 aromatic carbocycles. The van der Waals surface area contributed by atoms with Gasteiger partial charge in [0.2, 0.25) is 11.1 Å². The molecule has 28 heavy (non-hydrogen) atoms. The number of nitrogens with one attached hydrogen (secondary N) is 1. The maximum atomic E-state index is 13.2. The van der Waals surface area contributed by atoms with Crippen LogP contribution in [0.4, 0.5) is 5.69 Å². The fourth-order valence-electron chi connectivity index (χ4n) is 3.52. The van der Waals surface area contributed by atoms with Crippen LogP contribution in [0, 0.1) is 6.92 Å². The minimum atomic E-state index is -0.476. The van der Waals surface area contributed by atoms with Crippen molar-refractivity contribution in [3.8, 4) is 11.3 Å². The van der Waals surface area contributed by atoms with Gasteiger partial charge in [-0.1, -0.05) is 30.8 Å². The van der Waals surface area contributed by atoms with Gasteiger partial charge < -0.3 is 0 Å². The molecular weight excluding hydrogens is 392 g/mol. The van der Waals surface area contributed by atoms with Crippen LogP contribution in [0.1, 0.15) is 35.7 Å². The first-order valence-electron chi connectivity index (χ1n) is 9.13. The third-order valence-electron chi connectivity index (χ3n) is 4.70. The highest BCUT2D eigenvalue weighted by molar-refractivity contribution is 7.98. The van der Waals surface area contributed by atoms with Crippen LogP contribution in [0.25, 0.3) is 11.3 Å². The van der Waals surface area contributed by atoms with E-state index in [1.807, 2.05) is 56.5 Å². The molecule has 0 aliphatic carbocycles. The number of anilines is 1. The van der Waals surface area contributed by atoms with E-state index in [2.05, 4.69) is 10.1 Å². The number of aromatic amines is 1. The van der Waals surface area contributed by atoms with Gasteiger partial charge in [0.05, 0.1) is 16.1 Å². The number of carbonyl (C=O) groups is 1. The summed E-state index contributed by atoms with van der Waals surface area (Å²) in [6.07, 6.45) is 2.58. The number of thioether (sulfide) groups is 1. The van der Waals surface area contributed by atoms with Gasteiger partial charge >= 0.3 is 17.4 Å². The first-order valence-corrected chi connectivity index (χ1v) is 11.2. The largest absolute Gasteiger partial charge is 0.325 e. The van der Waals surface area contributed by atoms with E-state index in [0.29, 0.717) is 17.3 Å². The number of nitrogens with zero attached hydrogens (tertiary/aromatic N) is 3. The quantitative estimate of drug-likeness (QED) is 0.525. The van der Waals surface area contributed by atoms with Gasteiger partial charge in [-0.15, -0.1) is 11.3 Å². The third kappa shape index (κ3) is 3.06. The van der Waals surface area contributed by atoms with Crippen LogP contribution in [-0.4, -0.2) is 22.2 Å².